The Morgan fingerprint density at radius 3 is 2.52 bits per heavy atom. The number of para-hydroxylation sites is 1. The van der Waals surface area contributed by atoms with Gasteiger partial charge in [-0.2, -0.15) is 0 Å². The molecule has 7 heteroatoms. The lowest BCUT2D eigenvalue weighted by atomic mass is 10.2. The van der Waals surface area contributed by atoms with Gasteiger partial charge in [0.25, 0.3) is 10.0 Å². The van der Waals surface area contributed by atoms with Gasteiger partial charge in [-0.3, -0.25) is 0 Å². The number of benzene rings is 2. The molecule has 0 amide bonds. The number of sulfonamides is 1. The Hall–Kier alpha value is -2.25. The van der Waals surface area contributed by atoms with Crippen LogP contribution in [0.15, 0.2) is 58.4 Å². The molecule has 0 bridgehead atoms. The summed E-state index contributed by atoms with van der Waals surface area (Å²) in [5.74, 6) is -0.631. The van der Waals surface area contributed by atoms with E-state index in [1.807, 2.05) is 6.92 Å². The average Bonchev–Trinajstić information content (AvgIpc) is 2.53. The SMILES string of the molecule is CCC(N)C1=Nc2cccc(F)c2S(=O)(=O)N1c1ccccc1. The Morgan fingerprint density at radius 1 is 1.17 bits per heavy atom. The van der Waals surface area contributed by atoms with Crippen molar-refractivity contribution in [3.63, 3.8) is 0 Å². The van der Waals surface area contributed by atoms with Gasteiger partial charge in [-0.1, -0.05) is 31.2 Å². The summed E-state index contributed by atoms with van der Waals surface area (Å²) in [5, 5.41) is 0. The van der Waals surface area contributed by atoms with E-state index in [1.54, 1.807) is 30.3 Å². The molecule has 0 aliphatic carbocycles. The monoisotopic (exact) mass is 333 g/mol. The number of nitrogens with zero attached hydrogens (tertiary/aromatic N) is 2. The van der Waals surface area contributed by atoms with Crippen molar-refractivity contribution in [3.8, 4) is 0 Å². The van der Waals surface area contributed by atoms with Crippen LogP contribution in [0.1, 0.15) is 13.3 Å². The number of hydrogen-bond acceptors (Lipinski definition) is 4. The fourth-order valence-corrected chi connectivity index (χ4v) is 4.17. The second-order valence-electron chi connectivity index (χ2n) is 5.18. The smallest absolute Gasteiger partial charge is 0.274 e. The van der Waals surface area contributed by atoms with Gasteiger partial charge >= 0.3 is 0 Å². The molecular formula is C16H16FN3O2S. The van der Waals surface area contributed by atoms with Gasteiger partial charge in [0.1, 0.15) is 16.5 Å². The molecule has 1 heterocycles. The van der Waals surface area contributed by atoms with E-state index in [4.69, 9.17) is 5.73 Å². The van der Waals surface area contributed by atoms with Crippen molar-refractivity contribution in [3.05, 3.63) is 54.3 Å². The van der Waals surface area contributed by atoms with E-state index in [9.17, 15) is 12.8 Å². The first-order valence-corrected chi connectivity index (χ1v) is 8.64. The number of rotatable bonds is 3. The van der Waals surface area contributed by atoms with Crippen LogP contribution in [0.3, 0.4) is 0 Å². The zero-order chi connectivity index (χ0) is 16.6. The number of halogens is 1. The van der Waals surface area contributed by atoms with Gasteiger partial charge in [-0.25, -0.2) is 22.1 Å². The summed E-state index contributed by atoms with van der Waals surface area (Å²) in [4.78, 5) is 3.91. The number of nitrogens with two attached hydrogens (primary N) is 1. The first kappa shape index (κ1) is 15.6. The fourth-order valence-electron chi connectivity index (χ4n) is 2.47. The summed E-state index contributed by atoms with van der Waals surface area (Å²) < 4.78 is 41.2. The summed E-state index contributed by atoms with van der Waals surface area (Å²) in [6.45, 7) is 1.84. The van der Waals surface area contributed by atoms with Crippen LogP contribution in [-0.4, -0.2) is 20.3 Å². The second-order valence-corrected chi connectivity index (χ2v) is 6.90. The Balaban J connectivity index is 2.32. The number of aliphatic imine (C=N–C) groups is 1. The number of fused-ring (bicyclic) bond motifs is 1. The van der Waals surface area contributed by atoms with Crippen molar-refractivity contribution in [2.45, 2.75) is 24.3 Å². The molecule has 23 heavy (non-hydrogen) atoms. The molecule has 5 nitrogen and oxygen atoms in total. The molecule has 1 unspecified atom stereocenters. The minimum atomic E-state index is -4.12. The van der Waals surface area contributed by atoms with E-state index >= 15 is 0 Å². The highest BCUT2D eigenvalue weighted by Crippen LogP contribution is 2.37. The van der Waals surface area contributed by atoms with Crippen LogP contribution >= 0.6 is 0 Å². The van der Waals surface area contributed by atoms with Crippen LogP contribution in [0.25, 0.3) is 0 Å². The van der Waals surface area contributed by atoms with Crippen LogP contribution in [-0.2, 0) is 10.0 Å². The molecule has 120 valence electrons. The maximum atomic E-state index is 14.2. The maximum Gasteiger partial charge on any atom is 0.274 e. The molecule has 0 spiro atoms. The van der Waals surface area contributed by atoms with E-state index in [1.165, 1.54) is 12.1 Å². The zero-order valence-electron chi connectivity index (χ0n) is 12.5. The third-order valence-corrected chi connectivity index (χ3v) is 5.45. The van der Waals surface area contributed by atoms with Crippen LogP contribution in [0, 0.1) is 5.82 Å². The highest BCUT2D eigenvalue weighted by atomic mass is 32.2. The Labute approximate surface area is 134 Å². The van der Waals surface area contributed by atoms with Crippen molar-refractivity contribution in [2.24, 2.45) is 10.7 Å². The maximum absolute atomic E-state index is 14.2. The van der Waals surface area contributed by atoms with Gasteiger partial charge in [0.15, 0.2) is 0 Å². The molecule has 3 rings (SSSR count). The Morgan fingerprint density at radius 2 is 1.87 bits per heavy atom. The molecule has 0 aromatic heterocycles. The lowest BCUT2D eigenvalue weighted by Crippen LogP contribution is -2.48. The minimum absolute atomic E-state index is 0.0797. The van der Waals surface area contributed by atoms with Gasteiger partial charge in [-0.15, -0.1) is 0 Å². The standard InChI is InChI=1S/C16H16FN3O2S/c1-2-13(18)16-19-14-10-6-9-12(17)15(14)23(21,22)20(16)11-7-4-3-5-8-11/h3-10,13H,2,18H2,1H3. The molecule has 0 saturated heterocycles. The molecule has 1 aliphatic rings. The first-order chi connectivity index (χ1) is 11.0. The predicted molar refractivity (Wildman–Crippen MR) is 87.9 cm³/mol. The molecule has 2 aromatic carbocycles. The molecular weight excluding hydrogens is 317 g/mol. The van der Waals surface area contributed by atoms with E-state index in [2.05, 4.69) is 4.99 Å². The summed E-state index contributed by atoms with van der Waals surface area (Å²) >= 11 is 0. The van der Waals surface area contributed by atoms with Crippen LogP contribution in [0.4, 0.5) is 15.8 Å². The zero-order valence-corrected chi connectivity index (χ0v) is 13.3. The van der Waals surface area contributed by atoms with Gasteiger partial charge < -0.3 is 5.73 Å². The Bertz CT molecular complexity index is 866. The van der Waals surface area contributed by atoms with E-state index < -0.39 is 26.8 Å². The number of anilines is 1. The summed E-state index contributed by atoms with van der Waals surface area (Å²) in [6, 6.07) is 11.9. The minimum Gasteiger partial charge on any atom is -0.321 e. The van der Waals surface area contributed by atoms with Crippen LogP contribution < -0.4 is 10.0 Å². The number of hydrogen-bond donors (Lipinski definition) is 1. The predicted octanol–water partition coefficient (Wildman–Crippen LogP) is 2.80. The van der Waals surface area contributed by atoms with E-state index in [0.717, 1.165) is 10.4 Å². The van der Waals surface area contributed by atoms with Crippen molar-refractivity contribution >= 4 is 27.2 Å². The summed E-state index contributed by atoms with van der Waals surface area (Å²) in [6.07, 6.45) is 0.502. The molecule has 2 aromatic rings. The van der Waals surface area contributed by atoms with E-state index in [0.29, 0.717) is 12.1 Å². The first-order valence-electron chi connectivity index (χ1n) is 7.20. The third-order valence-electron chi connectivity index (χ3n) is 3.65. The van der Waals surface area contributed by atoms with Crippen LogP contribution in [0.2, 0.25) is 0 Å². The second kappa shape index (κ2) is 5.75. The lowest BCUT2D eigenvalue weighted by Gasteiger charge is -2.32. The molecule has 2 N–H and O–H groups in total. The third kappa shape index (κ3) is 2.51. The lowest BCUT2D eigenvalue weighted by molar-refractivity contribution is 0.566. The molecule has 1 atom stereocenters. The van der Waals surface area contributed by atoms with Crippen molar-refractivity contribution < 1.29 is 12.8 Å². The highest BCUT2D eigenvalue weighted by Gasteiger charge is 2.39. The highest BCUT2D eigenvalue weighted by molar-refractivity contribution is 7.93. The fraction of sp³-hybridized carbons (Fsp3) is 0.188. The topological polar surface area (TPSA) is 75.8 Å². The largest absolute Gasteiger partial charge is 0.321 e. The average molecular weight is 333 g/mol. The van der Waals surface area contributed by atoms with Gasteiger partial charge in [0.2, 0.25) is 0 Å². The summed E-state index contributed by atoms with van der Waals surface area (Å²) in [5.41, 5.74) is 6.52. The molecule has 0 saturated carbocycles. The van der Waals surface area contributed by atoms with Crippen LogP contribution in [0.5, 0.6) is 0 Å². The molecule has 0 fully saturated rings. The molecule has 1 aliphatic heterocycles. The van der Waals surface area contributed by atoms with Crippen molar-refractivity contribution in [1.82, 2.24) is 0 Å². The van der Waals surface area contributed by atoms with Crippen molar-refractivity contribution in [1.29, 1.82) is 0 Å². The Kier molecular flexibility index (Phi) is 3.91. The normalized spacial score (nSPS) is 17.3. The van der Waals surface area contributed by atoms with Gasteiger partial charge in [0, 0.05) is 0 Å². The van der Waals surface area contributed by atoms with Gasteiger partial charge in [0.05, 0.1) is 17.4 Å². The van der Waals surface area contributed by atoms with Crippen molar-refractivity contribution in [2.75, 3.05) is 4.31 Å². The van der Waals surface area contributed by atoms with E-state index in [-0.39, 0.29) is 11.5 Å². The quantitative estimate of drug-likeness (QED) is 0.938. The number of amidine groups is 1. The summed E-state index contributed by atoms with van der Waals surface area (Å²) in [7, 11) is -4.12. The molecule has 0 radical (unpaired) electrons. The van der Waals surface area contributed by atoms with Gasteiger partial charge in [-0.05, 0) is 30.7 Å².